The van der Waals surface area contributed by atoms with Crippen LogP contribution in [0.25, 0.3) is 0 Å². The fraction of sp³-hybridized carbons (Fsp3) is 0.632. The van der Waals surface area contributed by atoms with Crippen LogP contribution >= 0.6 is 0 Å². The van der Waals surface area contributed by atoms with Gasteiger partial charge in [-0.15, -0.1) is 0 Å². The van der Waals surface area contributed by atoms with Gasteiger partial charge in [0.2, 0.25) is 0 Å². The third-order valence-corrected chi connectivity index (χ3v) is 5.30. The highest BCUT2D eigenvalue weighted by Crippen LogP contribution is 2.26. The lowest BCUT2D eigenvalue weighted by atomic mass is 10.0. The normalized spacial score (nSPS) is 19.9. The van der Waals surface area contributed by atoms with Crippen LogP contribution in [0.2, 0.25) is 0 Å². The van der Waals surface area contributed by atoms with Crippen LogP contribution in [0.5, 0.6) is 5.75 Å². The van der Waals surface area contributed by atoms with E-state index in [0.717, 1.165) is 44.7 Å². The second kappa shape index (κ2) is 8.15. The number of aryl methyl sites for hydroxylation is 1. The van der Waals surface area contributed by atoms with E-state index in [1.54, 1.807) is 18.1 Å². The van der Waals surface area contributed by atoms with Crippen molar-refractivity contribution < 1.29 is 18.7 Å². The molecule has 0 radical (unpaired) electrons. The van der Waals surface area contributed by atoms with Crippen molar-refractivity contribution >= 4 is 5.91 Å². The SMILES string of the molecule is CCc1cc(F)c(C(=O)N2CCC(N3CCOCC3)CC2)cc1OC. The third kappa shape index (κ3) is 3.96. The standard InChI is InChI=1S/C19H27FN2O3/c1-3-14-12-17(20)16(13-18(14)24-2)19(23)22-6-4-15(5-7-22)21-8-10-25-11-9-21/h12-13,15H,3-11H2,1-2H3. The van der Waals surface area contributed by atoms with E-state index < -0.39 is 5.82 Å². The highest BCUT2D eigenvalue weighted by molar-refractivity contribution is 5.95. The zero-order valence-corrected chi connectivity index (χ0v) is 15.1. The van der Waals surface area contributed by atoms with Crippen LogP contribution in [0.15, 0.2) is 12.1 Å². The minimum absolute atomic E-state index is 0.110. The number of nitrogens with zero attached hydrogens (tertiary/aromatic N) is 2. The molecule has 2 heterocycles. The predicted octanol–water partition coefficient (Wildman–Crippen LogP) is 2.33. The number of amides is 1. The van der Waals surface area contributed by atoms with Crippen LogP contribution in [0.4, 0.5) is 4.39 Å². The first-order chi connectivity index (χ1) is 12.1. The minimum Gasteiger partial charge on any atom is -0.496 e. The fourth-order valence-electron chi connectivity index (χ4n) is 3.77. The van der Waals surface area contributed by atoms with Crippen molar-refractivity contribution in [3.05, 3.63) is 29.1 Å². The first kappa shape index (κ1) is 18.1. The van der Waals surface area contributed by atoms with Gasteiger partial charge in [0, 0.05) is 32.2 Å². The largest absolute Gasteiger partial charge is 0.496 e. The zero-order valence-electron chi connectivity index (χ0n) is 15.1. The maximum Gasteiger partial charge on any atom is 0.256 e. The number of piperidine rings is 1. The van der Waals surface area contributed by atoms with E-state index in [1.165, 1.54) is 6.07 Å². The van der Waals surface area contributed by atoms with Gasteiger partial charge in [0.15, 0.2) is 0 Å². The number of halogens is 1. The Hall–Kier alpha value is -1.66. The zero-order chi connectivity index (χ0) is 17.8. The monoisotopic (exact) mass is 350 g/mol. The molecule has 2 aliphatic heterocycles. The van der Waals surface area contributed by atoms with Gasteiger partial charge in [-0.05, 0) is 37.0 Å². The number of carbonyl (C=O) groups excluding carboxylic acids is 1. The first-order valence-electron chi connectivity index (χ1n) is 9.11. The Balaban J connectivity index is 1.66. The van der Waals surface area contributed by atoms with Gasteiger partial charge in [-0.3, -0.25) is 9.69 Å². The summed E-state index contributed by atoms with van der Waals surface area (Å²) in [5.41, 5.74) is 0.890. The molecule has 5 nitrogen and oxygen atoms in total. The molecule has 1 amide bonds. The molecule has 0 atom stereocenters. The molecule has 2 aliphatic rings. The molecule has 0 unspecified atom stereocenters. The number of ether oxygens (including phenoxy) is 2. The van der Waals surface area contributed by atoms with Gasteiger partial charge in [-0.25, -0.2) is 4.39 Å². The fourth-order valence-corrected chi connectivity index (χ4v) is 3.77. The van der Waals surface area contributed by atoms with Gasteiger partial charge >= 0.3 is 0 Å². The lowest BCUT2D eigenvalue weighted by Crippen LogP contribution is -2.50. The summed E-state index contributed by atoms with van der Waals surface area (Å²) in [6, 6.07) is 3.46. The Morgan fingerprint density at radius 1 is 1.24 bits per heavy atom. The topological polar surface area (TPSA) is 42.0 Å². The van der Waals surface area contributed by atoms with E-state index in [2.05, 4.69) is 4.90 Å². The van der Waals surface area contributed by atoms with E-state index in [4.69, 9.17) is 9.47 Å². The van der Waals surface area contributed by atoms with Crippen molar-refractivity contribution in [3.63, 3.8) is 0 Å². The van der Waals surface area contributed by atoms with Crippen molar-refractivity contribution in [3.8, 4) is 5.75 Å². The average molecular weight is 350 g/mol. The number of morpholine rings is 1. The van der Waals surface area contributed by atoms with Crippen molar-refractivity contribution in [2.75, 3.05) is 46.5 Å². The van der Waals surface area contributed by atoms with Gasteiger partial charge in [-0.1, -0.05) is 6.92 Å². The Kier molecular flexibility index (Phi) is 5.91. The molecule has 0 aromatic heterocycles. The van der Waals surface area contributed by atoms with E-state index in [1.807, 2.05) is 6.92 Å². The highest BCUT2D eigenvalue weighted by Gasteiger charge is 2.29. The summed E-state index contributed by atoms with van der Waals surface area (Å²) in [7, 11) is 1.55. The van der Waals surface area contributed by atoms with Crippen LogP contribution in [0.1, 0.15) is 35.7 Å². The summed E-state index contributed by atoms with van der Waals surface area (Å²) in [4.78, 5) is 17.0. The Bertz CT molecular complexity index is 609. The summed E-state index contributed by atoms with van der Waals surface area (Å²) >= 11 is 0. The molecule has 6 heteroatoms. The van der Waals surface area contributed by atoms with Crippen LogP contribution < -0.4 is 4.74 Å². The summed E-state index contributed by atoms with van der Waals surface area (Å²) < 4.78 is 25.1. The number of methoxy groups -OCH3 is 1. The van der Waals surface area contributed by atoms with Crippen LogP contribution in [0, 0.1) is 5.82 Å². The summed E-state index contributed by atoms with van der Waals surface area (Å²) in [6.07, 6.45) is 2.52. The van der Waals surface area contributed by atoms with Gasteiger partial charge in [0.1, 0.15) is 11.6 Å². The molecule has 0 bridgehead atoms. The van der Waals surface area contributed by atoms with Crippen molar-refractivity contribution in [1.29, 1.82) is 0 Å². The quantitative estimate of drug-likeness (QED) is 0.836. The van der Waals surface area contributed by atoms with Crippen molar-refractivity contribution in [1.82, 2.24) is 9.80 Å². The van der Waals surface area contributed by atoms with Gasteiger partial charge < -0.3 is 14.4 Å². The third-order valence-electron chi connectivity index (χ3n) is 5.30. The molecule has 0 N–H and O–H groups in total. The van der Waals surface area contributed by atoms with Crippen LogP contribution in [0.3, 0.4) is 0 Å². The smallest absolute Gasteiger partial charge is 0.256 e. The van der Waals surface area contributed by atoms with Crippen LogP contribution in [-0.2, 0) is 11.2 Å². The average Bonchev–Trinajstić information content (AvgIpc) is 2.68. The second-order valence-corrected chi connectivity index (χ2v) is 6.67. The Morgan fingerprint density at radius 3 is 2.52 bits per heavy atom. The molecule has 0 aliphatic carbocycles. The van der Waals surface area contributed by atoms with Crippen molar-refractivity contribution in [2.24, 2.45) is 0 Å². The van der Waals surface area contributed by atoms with Gasteiger partial charge in [0.25, 0.3) is 5.91 Å². The molecule has 3 rings (SSSR count). The molecular weight excluding hydrogens is 323 g/mol. The molecule has 0 spiro atoms. The summed E-state index contributed by atoms with van der Waals surface area (Å²) in [6.45, 7) is 6.76. The lowest BCUT2D eigenvalue weighted by molar-refractivity contribution is 0.00154. The molecule has 1 aromatic carbocycles. The number of rotatable bonds is 4. The van der Waals surface area contributed by atoms with E-state index in [-0.39, 0.29) is 11.5 Å². The summed E-state index contributed by atoms with van der Waals surface area (Å²) in [5, 5.41) is 0. The Morgan fingerprint density at radius 2 is 1.92 bits per heavy atom. The van der Waals surface area contributed by atoms with E-state index >= 15 is 0 Å². The molecule has 2 saturated heterocycles. The lowest BCUT2D eigenvalue weighted by Gasteiger charge is -2.40. The molecule has 0 saturated carbocycles. The van der Waals surface area contributed by atoms with Crippen LogP contribution in [-0.4, -0.2) is 68.3 Å². The predicted molar refractivity (Wildman–Crippen MR) is 93.6 cm³/mol. The van der Waals surface area contributed by atoms with E-state index in [0.29, 0.717) is 31.3 Å². The number of likely N-dealkylation sites (tertiary alicyclic amines) is 1. The number of benzene rings is 1. The highest BCUT2D eigenvalue weighted by atomic mass is 19.1. The first-order valence-corrected chi connectivity index (χ1v) is 9.11. The van der Waals surface area contributed by atoms with Crippen molar-refractivity contribution in [2.45, 2.75) is 32.2 Å². The molecule has 1 aromatic rings. The molecular formula is C19H27FN2O3. The van der Waals surface area contributed by atoms with Gasteiger partial charge in [0.05, 0.1) is 25.9 Å². The second-order valence-electron chi connectivity index (χ2n) is 6.67. The Labute approximate surface area is 148 Å². The van der Waals surface area contributed by atoms with E-state index in [9.17, 15) is 9.18 Å². The number of hydrogen-bond acceptors (Lipinski definition) is 4. The maximum atomic E-state index is 14.4. The molecule has 138 valence electrons. The van der Waals surface area contributed by atoms with Gasteiger partial charge in [-0.2, -0.15) is 0 Å². The molecule has 25 heavy (non-hydrogen) atoms. The summed E-state index contributed by atoms with van der Waals surface area (Å²) in [5.74, 6) is -0.118. The number of carbonyl (C=O) groups is 1. The number of hydrogen-bond donors (Lipinski definition) is 0. The minimum atomic E-state index is -0.460. The maximum absolute atomic E-state index is 14.4. The molecule has 2 fully saturated rings.